The van der Waals surface area contributed by atoms with Gasteiger partial charge in [0.2, 0.25) is 0 Å². The van der Waals surface area contributed by atoms with Crippen LogP contribution in [0.4, 0.5) is 11.6 Å². The molecule has 17 heavy (non-hydrogen) atoms. The van der Waals surface area contributed by atoms with Gasteiger partial charge in [-0.3, -0.25) is 4.68 Å². The lowest BCUT2D eigenvalue weighted by Gasteiger charge is -2.09. The van der Waals surface area contributed by atoms with Crippen molar-refractivity contribution in [2.45, 2.75) is 19.9 Å². The summed E-state index contributed by atoms with van der Waals surface area (Å²) in [6.07, 6.45) is 6.18. The van der Waals surface area contributed by atoms with Crippen LogP contribution in [0, 0.1) is 6.92 Å². The van der Waals surface area contributed by atoms with Gasteiger partial charge in [0.05, 0.1) is 0 Å². The van der Waals surface area contributed by atoms with Crippen molar-refractivity contribution in [2.24, 2.45) is 0 Å². The predicted molar refractivity (Wildman–Crippen MR) is 66.5 cm³/mol. The Morgan fingerprint density at radius 2 is 2.29 bits per heavy atom. The van der Waals surface area contributed by atoms with Crippen LogP contribution in [0.15, 0.2) is 24.8 Å². The zero-order chi connectivity index (χ0) is 12.1. The Hall–Kier alpha value is -2.11. The Labute approximate surface area is 99.9 Å². The quantitative estimate of drug-likeness (QED) is 0.753. The van der Waals surface area contributed by atoms with Crippen molar-refractivity contribution in [2.75, 3.05) is 17.6 Å². The van der Waals surface area contributed by atoms with Gasteiger partial charge < -0.3 is 11.1 Å². The molecule has 2 aromatic rings. The van der Waals surface area contributed by atoms with Crippen LogP contribution in [0.2, 0.25) is 0 Å². The second-order valence-corrected chi connectivity index (χ2v) is 3.78. The van der Waals surface area contributed by atoms with Gasteiger partial charge in [-0.2, -0.15) is 5.10 Å². The van der Waals surface area contributed by atoms with Gasteiger partial charge in [0.15, 0.2) is 0 Å². The molecule has 0 amide bonds. The molecule has 0 fully saturated rings. The molecule has 0 saturated heterocycles. The van der Waals surface area contributed by atoms with E-state index >= 15 is 0 Å². The Morgan fingerprint density at radius 3 is 3.06 bits per heavy atom. The molecule has 0 unspecified atom stereocenters. The predicted octanol–water partition coefficient (Wildman–Crippen LogP) is 1.07. The minimum atomic E-state index is 0.523. The lowest BCUT2D eigenvalue weighted by molar-refractivity contribution is 0.591. The molecule has 2 rings (SSSR count). The van der Waals surface area contributed by atoms with Crippen molar-refractivity contribution >= 4 is 11.6 Å². The summed E-state index contributed by atoms with van der Waals surface area (Å²) in [5.41, 5.74) is 6.59. The lowest BCUT2D eigenvalue weighted by Crippen LogP contribution is -2.10. The summed E-state index contributed by atoms with van der Waals surface area (Å²) in [5, 5.41) is 7.38. The topological polar surface area (TPSA) is 81.6 Å². The van der Waals surface area contributed by atoms with E-state index in [4.69, 9.17) is 5.73 Å². The summed E-state index contributed by atoms with van der Waals surface area (Å²) in [6, 6.07) is 1.92. The van der Waals surface area contributed by atoms with Crippen molar-refractivity contribution in [3.8, 4) is 0 Å². The molecular formula is C11H16N6. The first kappa shape index (κ1) is 11.4. The van der Waals surface area contributed by atoms with E-state index in [0.29, 0.717) is 5.82 Å². The molecule has 0 aromatic carbocycles. The average molecular weight is 232 g/mol. The molecule has 2 aromatic heterocycles. The third-order valence-electron chi connectivity index (χ3n) is 2.54. The molecule has 6 heteroatoms. The second kappa shape index (κ2) is 5.29. The van der Waals surface area contributed by atoms with Crippen LogP contribution in [-0.4, -0.2) is 26.3 Å². The van der Waals surface area contributed by atoms with Crippen molar-refractivity contribution in [3.63, 3.8) is 0 Å². The smallest absolute Gasteiger partial charge is 0.134 e. The van der Waals surface area contributed by atoms with Gasteiger partial charge in [0, 0.05) is 31.0 Å². The van der Waals surface area contributed by atoms with E-state index in [1.165, 1.54) is 6.33 Å². The summed E-state index contributed by atoms with van der Waals surface area (Å²) in [6.45, 7) is 3.63. The fourth-order valence-corrected chi connectivity index (χ4v) is 1.52. The van der Waals surface area contributed by atoms with Crippen molar-refractivity contribution in [1.82, 2.24) is 19.7 Å². The van der Waals surface area contributed by atoms with Gasteiger partial charge in [-0.15, -0.1) is 0 Å². The SMILES string of the molecule is Cc1c(N)ncnc1NCCCn1cccn1. The van der Waals surface area contributed by atoms with Crippen molar-refractivity contribution in [3.05, 3.63) is 30.4 Å². The number of nitrogens with two attached hydrogens (primary N) is 1. The summed E-state index contributed by atoms with van der Waals surface area (Å²) in [7, 11) is 0. The number of hydrogen-bond donors (Lipinski definition) is 2. The fourth-order valence-electron chi connectivity index (χ4n) is 1.52. The van der Waals surface area contributed by atoms with E-state index < -0.39 is 0 Å². The highest BCUT2D eigenvalue weighted by atomic mass is 15.3. The normalized spacial score (nSPS) is 10.4. The molecule has 0 aliphatic carbocycles. The number of aryl methyl sites for hydroxylation is 1. The Bertz CT molecular complexity index is 465. The zero-order valence-corrected chi connectivity index (χ0v) is 9.80. The maximum Gasteiger partial charge on any atom is 0.134 e. The first-order valence-corrected chi connectivity index (χ1v) is 5.56. The monoisotopic (exact) mass is 232 g/mol. The lowest BCUT2D eigenvalue weighted by atomic mass is 10.3. The highest BCUT2D eigenvalue weighted by Crippen LogP contribution is 2.14. The van der Waals surface area contributed by atoms with Gasteiger partial charge in [0.25, 0.3) is 0 Å². The van der Waals surface area contributed by atoms with E-state index in [1.54, 1.807) is 6.20 Å². The van der Waals surface area contributed by atoms with Crippen molar-refractivity contribution in [1.29, 1.82) is 0 Å². The molecule has 0 aliphatic heterocycles. The highest BCUT2D eigenvalue weighted by Gasteiger charge is 2.02. The molecule has 0 spiro atoms. The molecule has 2 heterocycles. The number of anilines is 2. The summed E-state index contributed by atoms with van der Waals surface area (Å²) in [5.74, 6) is 1.33. The van der Waals surface area contributed by atoms with Crippen LogP contribution in [0.25, 0.3) is 0 Å². The molecule has 0 bridgehead atoms. The molecule has 0 aliphatic rings. The third kappa shape index (κ3) is 2.93. The Kier molecular flexibility index (Phi) is 3.54. The first-order valence-electron chi connectivity index (χ1n) is 5.56. The van der Waals surface area contributed by atoms with Crippen LogP contribution in [-0.2, 0) is 6.54 Å². The fraction of sp³-hybridized carbons (Fsp3) is 0.364. The van der Waals surface area contributed by atoms with Crippen molar-refractivity contribution < 1.29 is 0 Å². The molecule has 0 saturated carbocycles. The van der Waals surface area contributed by atoms with E-state index in [1.807, 2.05) is 23.9 Å². The molecule has 90 valence electrons. The van der Waals surface area contributed by atoms with E-state index in [0.717, 1.165) is 30.9 Å². The summed E-state index contributed by atoms with van der Waals surface area (Å²) in [4.78, 5) is 8.07. The van der Waals surface area contributed by atoms with Crippen LogP contribution in [0.1, 0.15) is 12.0 Å². The maximum atomic E-state index is 5.70. The standard InChI is InChI=1S/C11H16N6/c1-9-10(12)14-8-15-11(9)13-4-2-6-17-7-3-5-16-17/h3,5,7-8H,2,4,6H2,1H3,(H3,12,13,14,15). The number of hydrogen-bond acceptors (Lipinski definition) is 5. The maximum absolute atomic E-state index is 5.70. The van der Waals surface area contributed by atoms with Gasteiger partial charge in [0.1, 0.15) is 18.0 Å². The number of aromatic nitrogens is 4. The van der Waals surface area contributed by atoms with Gasteiger partial charge >= 0.3 is 0 Å². The third-order valence-corrected chi connectivity index (χ3v) is 2.54. The molecule has 3 N–H and O–H groups in total. The molecule has 0 atom stereocenters. The number of rotatable bonds is 5. The molecular weight excluding hydrogens is 216 g/mol. The largest absolute Gasteiger partial charge is 0.383 e. The minimum absolute atomic E-state index is 0.523. The average Bonchev–Trinajstić information content (AvgIpc) is 2.83. The van der Waals surface area contributed by atoms with Gasteiger partial charge in [-0.25, -0.2) is 9.97 Å². The number of nitrogens with one attached hydrogen (secondary N) is 1. The van der Waals surface area contributed by atoms with E-state index in [2.05, 4.69) is 20.4 Å². The first-order chi connectivity index (χ1) is 8.27. The van der Waals surface area contributed by atoms with Gasteiger partial charge in [-0.05, 0) is 19.4 Å². The zero-order valence-electron chi connectivity index (χ0n) is 9.80. The highest BCUT2D eigenvalue weighted by molar-refractivity contribution is 5.53. The van der Waals surface area contributed by atoms with Gasteiger partial charge in [-0.1, -0.05) is 0 Å². The number of nitrogens with zero attached hydrogens (tertiary/aromatic N) is 4. The number of nitrogen functional groups attached to an aromatic ring is 1. The van der Waals surface area contributed by atoms with E-state index in [-0.39, 0.29) is 0 Å². The summed E-state index contributed by atoms with van der Waals surface area (Å²) < 4.78 is 1.91. The Balaban J connectivity index is 1.80. The second-order valence-electron chi connectivity index (χ2n) is 3.78. The molecule has 0 radical (unpaired) electrons. The minimum Gasteiger partial charge on any atom is -0.383 e. The van der Waals surface area contributed by atoms with Crippen LogP contribution in [0.3, 0.4) is 0 Å². The molecule has 6 nitrogen and oxygen atoms in total. The van der Waals surface area contributed by atoms with Crippen LogP contribution < -0.4 is 11.1 Å². The van der Waals surface area contributed by atoms with E-state index in [9.17, 15) is 0 Å². The van der Waals surface area contributed by atoms with Crippen LogP contribution in [0.5, 0.6) is 0 Å². The Morgan fingerprint density at radius 1 is 1.41 bits per heavy atom. The summed E-state index contributed by atoms with van der Waals surface area (Å²) >= 11 is 0. The van der Waals surface area contributed by atoms with Crippen LogP contribution >= 0.6 is 0 Å².